The van der Waals surface area contributed by atoms with Gasteiger partial charge in [-0.3, -0.25) is 0 Å². The Morgan fingerprint density at radius 3 is 1.68 bits per heavy atom. The second kappa shape index (κ2) is 6.62. The summed E-state index contributed by atoms with van der Waals surface area (Å²) in [5.41, 5.74) is 3.20. The summed E-state index contributed by atoms with van der Waals surface area (Å²) in [7, 11) is 1.76. The average Bonchev–Trinajstić information content (AvgIpc) is 2.36. The molecule has 1 aromatic rings. The van der Waals surface area contributed by atoms with Crippen LogP contribution in [0.2, 0.25) is 0 Å². The van der Waals surface area contributed by atoms with Crippen LogP contribution in [0.4, 0.5) is 0 Å². The number of phenols is 1. The molecule has 0 bridgehead atoms. The molecule has 1 rings (SSSR count). The zero-order valence-corrected chi connectivity index (χ0v) is 15.9. The van der Waals surface area contributed by atoms with Gasteiger partial charge < -0.3 is 9.84 Å². The van der Waals surface area contributed by atoms with Crippen molar-refractivity contribution in [3.05, 3.63) is 28.8 Å². The SMILES string of the molecule is COC(C)C(C)Cc1cc(C(C)(C)C)c(O)c(C(C)(C)C)c1. The van der Waals surface area contributed by atoms with Gasteiger partial charge in [0.25, 0.3) is 0 Å². The quantitative estimate of drug-likeness (QED) is 0.828. The van der Waals surface area contributed by atoms with E-state index in [0.29, 0.717) is 11.7 Å². The number of rotatable bonds is 4. The third-order valence-electron chi connectivity index (χ3n) is 4.52. The Hall–Kier alpha value is -1.02. The third kappa shape index (κ3) is 4.49. The summed E-state index contributed by atoms with van der Waals surface area (Å²) >= 11 is 0. The fraction of sp³-hybridized carbons (Fsp3) is 0.700. The van der Waals surface area contributed by atoms with E-state index in [2.05, 4.69) is 67.5 Å². The van der Waals surface area contributed by atoms with E-state index in [4.69, 9.17) is 4.74 Å². The Balaban J connectivity index is 3.36. The molecule has 0 radical (unpaired) electrons. The van der Waals surface area contributed by atoms with Crippen LogP contribution in [0.5, 0.6) is 5.75 Å². The minimum absolute atomic E-state index is 0.0732. The standard InChI is InChI=1S/C20H34O2/c1-13(14(2)22-9)10-15-11-16(19(3,4)5)18(21)17(12-15)20(6,7)8/h11-14,21H,10H2,1-9H3. The molecule has 0 saturated carbocycles. The van der Waals surface area contributed by atoms with Gasteiger partial charge in [-0.05, 0) is 46.8 Å². The number of hydrogen-bond donors (Lipinski definition) is 1. The summed E-state index contributed by atoms with van der Waals surface area (Å²) in [6, 6.07) is 4.34. The van der Waals surface area contributed by atoms with Gasteiger partial charge in [-0.25, -0.2) is 0 Å². The minimum atomic E-state index is -0.0732. The van der Waals surface area contributed by atoms with Crippen molar-refractivity contribution >= 4 is 0 Å². The van der Waals surface area contributed by atoms with Crippen LogP contribution < -0.4 is 0 Å². The van der Waals surface area contributed by atoms with Crippen molar-refractivity contribution in [1.82, 2.24) is 0 Å². The summed E-state index contributed by atoms with van der Waals surface area (Å²) in [5, 5.41) is 10.7. The first-order valence-corrected chi connectivity index (χ1v) is 8.27. The van der Waals surface area contributed by atoms with Crippen LogP contribution in [0.1, 0.15) is 72.1 Å². The fourth-order valence-electron chi connectivity index (χ4n) is 2.73. The summed E-state index contributed by atoms with van der Waals surface area (Å²) in [4.78, 5) is 0. The van der Waals surface area contributed by atoms with Crippen molar-refractivity contribution in [2.45, 2.75) is 78.7 Å². The van der Waals surface area contributed by atoms with Gasteiger partial charge in [-0.15, -0.1) is 0 Å². The monoisotopic (exact) mass is 306 g/mol. The van der Waals surface area contributed by atoms with E-state index < -0.39 is 0 Å². The molecule has 0 amide bonds. The molecule has 0 aliphatic carbocycles. The molecule has 0 saturated heterocycles. The molecule has 1 N–H and O–H groups in total. The summed E-state index contributed by atoms with van der Waals surface area (Å²) in [5.74, 6) is 0.895. The lowest BCUT2D eigenvalue weighted by molar-refractivity contribution is 0.0738. The van der Waals surface area contributed by atoms with Crippen molar-refractivity contribution < 1.29 is 9.84 Å². The van der Waals surface area contributed by atoms with Crippen LogP contribution in [0.25, 0.3) is 0 Å². The highest BCUT2D eigenvalue weighted by atomic mass is 16.5. The van der Waals surface area contributed by atoms with E-state index in [1.807, 2.05) is 0 Å². The molecule has 22 heavy (non-hydrogen) atoms. The molecule has 2 unspecified atom stereocenters. The molecule has 2 atom stereocenters. The first-order chi connectivity index (χ1) is 9.87. The molecule has 0 aromatic heterocycles. The lowest BCUT2D eigenvalue weighted by Gasteiger charge is -2.29. The number of ether oxygens (including phenoxy) is 1. The largest absolute Gasteiger partial charge is 0.507 e. The Morgan fingerprint density at radius 1 is 0.955 bits per heavy atom. The van der Waals surface area contributed by atoms with Gasteiger partial charge in [-0.1, -0.05) is 60.6 Å². The topological polar surface area (TPSA) is 29.5 Å². The van der Waals surface area contributed by atoms with E-state index >= 15 is 0 Å². The second-order valence-electron chi connectivity index (χ2n) is 8.66. The predicted molar refractivity (Wildman–Crippen MR) is 94.8 cm³/mol. The van der Waals surface area contributed by atoms with E-state index in [0.717, 1.165) is 17.5 Å². The van der Waals surface area contributed by atoms with Gasteiger partial charge in [0.2, 0.25) is 0 Å². The zero-order chi connectivity index (χ0) is 17.3. The molecule has 0 fully saturated rings. The normalized spacial score (nSPS) is 15.7. The van der Waals surface area contributed by atoms with E-state index in [-0.39, 0.29) is 16.9 Å². The molecule has 0 aliphatic heterocycles. The van der Waals surface area contributed by atoms with Gasteiger partial charge in [0.1, 0.15) is 5.75 Å². The second-order valence-corrected chi connectivity index (χ2v) is 8.66. The smallest absolute Gasteiger partial charge is 0.123 e. The van der Waals surface area contributed by atoms with Crippen LogP contribution in [0.3, 0.4) is 0 Å². The lowest BCUT2D eigenvalue weighted by Crippen LogP contribution is -2.21. The maximum atomic E-state index is 10.7. The van der Waals surface area contributed by atoms with Crippen molar-refractivity contribution in [1.29, 1.82) is 0 Å². The maximum absolute atomic E-state index is 10.7. The molecular weight excluding hydrogens is 272 g/mol. The molecule has 1 aromatic carbocycles. The van der Waals surface area contributed by atoms with Crippen molar-refractivity contribution in [3.63, 3.8) is 0 Å². The highest BCUT2D eigenvalue weighted by Crippen LogP contribution is 2.40. The van der Waals surface area contributed by atoms with Crippen molar-refractivity contribution in [3.8, 4) is 5.75 Å². The van der Waals surface area contributed by atoms with Crippen LogP contribution in [0.15, 0.2) is 12.1 Å². The van der Waals surface area contributed by atoms with Gasteiger partial charge in [0, 0.05) is 7.11 Å². The van der Waals surface area contributed by atoms with Gasteiger partial charge in [-0.2, -0.15) is 0 Å². The van der Waals surface area contributed by atoms with Crippen molar-refractivity contribution in [2.24, 2.45) is 5.92 Å². The Morgan fingerprint density at radius 2 is 1.36 bits per heavy atom. The third-order valence-corrected chi connectivity index (χ3v) is 4.52. The maximum Gasteiger partial charge on any atom is 0.123 e. The molecule has 0 heterocycles. The lowest BCUT2D eigenvalue weighted by atomic mass is 9.77. The summed E-state index contributed by atoms with van der Waals surface area (Å²) in [6.07, 6.45) is 1.19. The molecule has 2 nitrogen and oxygen atoms in total. The number of hydrogen-bond acceptors (Lipinski definition) is 2. The van der Waals surface area contributed by atoms with E-state index in [1.165, 1.54) is 5.56 Å². The summed E-state index contributed by atoms with van der Waals surface area (Å²) in [6.45, 7) is 17.2. The van der Waals surface area contributed by atoms with Crippen LogP contribution >= 0.6 is 0 Å². The predicted octanol–water partition coefficient (Wildman–Crippen LogP) is 5.20. The van der Waals surface area contributed by atoms with Crippen LogP contribution in [-0.2, 0) is 22.0 Å². The Labute approximate surface area is 136 Å². The fourth-order valence-corrected chi connectivity index (χ4v) is 2.73. The van der Waals surface area contributed by atoms with E-state index in [9.17, 15) is 5.11 Å². The zero-order valence-electron chi connectivity index (χ0n) is 15.9. The average molecular weight is 306 g/mol. The van der Waals surface area contributed by atoms with Gasteiger partial charge >= 0.3 is 0 Å². The summed E-state index contributed by atoms with van der Waals surface area (Å²) < 4.78 is 5.45. The first-order valence-electron chi connectivity index (χ1n) is 8.27. The molecular formula is C20H34O2. The van der Waals surface area contributed by atoms with Gasteiger partial charge in [0.15, 0.2) is 0 Å². The highest BCUT2D eigenvalue weighted by molar-refractivity contribution is 5.50. The Bertz CT molecular complexity index is 468. The van der Waals surface area contributed by atoms with Crippen LogP contribution in [-0.4, -0.2) is 18.3 Å². The number of methoxy groups -OCH3 is 1. The molecule has 0 aliphatic rings. The van der Waals surface area contributed by atoms with Crippen LogP contribution in [0, 0.1) is 5.92 Å². The van der Waals surface area contributed by atoms with E-state index in [1.54, 1.807) is 7.11 Å². The number of benzene rings is 1. The Kier molecular flexibility index (Phi) is 5.72. The molecule has 0 spiro atoms. The first kappa shape index (κ1) is 19.0. The molecule has 2 heteroatoms. The number of phenolic OH excluding ortho intramolecular Hbond substituents is 1. The highest BCUT2D eigenvalue weighted by Gasteiger charge is 2.27. The number of aromatic hydroxyl groups is 1. The molecule has 126 valence electrons. The minimum Gasteiger partial charge on any atom is -0.507 e. The van der Waals surface area contributed by atoms with Crippen molar-refractivity contribution in [2.75, 3.05) is 7.11 Å². The van der Waals surface area contributed by atoms with Gasteiger partial charge in [0.05, 0.1) is 6.10 Å².